The van der Waals surface area contributed by atoms with Crippen molar-refractivity contribution in [3.63, 3.8) is 0 Å². The molecule has 11 rings (SSSR count). The van der Waals surface area contributed by atoms with E-state index in [1.807, 2.05) is 71.3 Å². The average molecular weight is 1140 g/mol. The second kappa shape index (κ2) is 19.3. The van der Waals surface area contributed by atoms with Gasteiger partial charge in [-0.25, -0.2) is 0 Å². The Morgan fingerprint density at radius 1 is 0.471 bits per heavy atom. The Morgan fingerprint density at radius 3 is 1.16 bits per heavy atom. The van der Waals surface area contributed by atoms with Crippen LogP contribution in [0.15, 0.2) is 70.5 Å². The number of hydrogen-bond donors (Lipinski definition) is 0. The van der Waals surface area contributed by atoms with Gasteiger partial charge in [0.2, 0.25) is 0 Å². The van der Waals surface area contributed by atoms with Crippen LogP contribution in [0.4, 0.5) is 0 Å². The van der Waals surface area contributed by atoms with Crippen LogP contribution in [0.25, 0.3) is 90.9 Å². The normalized spacial score (nSPS) is 15.5. The first-order valence-corrected chi connectivity index (χ1v) is 31.0. The fraction of sp³-hybridized carbons (Fsp3) is 0.192. The molecule has 6 nitrogen and oxygen atoms in total. The third kappa shape index (κ3) is 8.46. The number of carbonyl (C=O) groups excluding carboxylic acids is 2. The van der Waals surface area contributed by atoms with Gasteiger partial charge in [0.25, 0.3) is 11.8 Å². The van der Waals surface area contributed by atoms with E-state index in [1.54, 1.807) is 69.4 Å². The monoisotopic (exact) mass is 1140 g/mol. The standard InChI is InChI=1S/C52H40N2O4S12/c1-9-53-49(55)39(69-51(53)59)19-27-15-23(3)43(61-27)31-11-13-33(63-31)45-25(5)17-35(65-45)37-21-29-41(57-7)48-30(42(58-8)47(29)67-37)22-38(68-48)36-18-26(6)46(66-36)34-14-12-32(64-34)44-24(4)16-28(62-44)20-40-50(56)54(10-2)52(60)70-40/h11-22H,9-10H2,1-8H3/b39-19-,40-20+. The number of thioether (sulfide) groups is 2. The Kier molecular flexibility index (Phi) is 13.3. The second-order valence-corrected chi connectivity index (χ2v) is 28.4. The topological polar surface area (TPSA) is 59.1 Å². The Hall–Kier alpha value is -3.76. The molecule has 0 aliphatic carbocycles. The number of methoxy groups -OCH3 is 2. The molecule has 8 aromatic heterocycles. The molecule has 0 atom stereocenters. The van der Waals surface area contributed by atoms with Crippen LogP contribution in [0.1, 0.15) is 45.9 Å². The summed E-state index contributed by atoms with van der Waals surface area (Å²) in [6, 6.07) is 22.5. The number of thiocarbonyl (C=S) groups is 2. The van der Waals surface area contributed by atoms with Crippen LogP contribution in [0.3, 0.4) is 0 Å². The predicted octanol–water partition coefficient (Wildman–Crippen LogP) is 18.2. The van der Waals surface area contributed by atoms with Gasteiger partial charge in [-0.3, -0.25) is 19.4 Å². The lowest BCUT2D eigenvalue weighted by atomic mass is 10.1. The van der Waals surface area contributed by atoms with Gasteiger partial charge in [0.1, 0.15) is 20.1 Å². The number of ether oxygens (including phenoxy) is 2. The van der Waals surface area contributed by atoms with Gasteiger partial charge in [0.05, 0.1) is 33.4 Å². The molecular formula is C52H40N2O4S12. The Labute approximate surface area is 456 Å². The molecule has 2 saturated heterocycles. The molecule has 2 aliphatic rings. The summed E-state index contributed by atoms with van der Waals surface area (Å²) in [5.41, 5.74) is 4.89. The molecule has 0 spiro atoms. The quantitative estimate of drug-likeness (QED) is 0.0886. The first-order chi connectivity index (χ1) is 33.7. The van der Waals surface area contributed by atoms with Gasteiger partial charge in [-0.2, -0.15) is 0 Å². The van der Waals surface area contributed by atoms with Crippen molar-refractivity contribution in [2.45, 2.75) is 41.5 Å². The molecule has 0 bridgehead atoms. The van der Waals surface area contributed by atoms with Gasteiger partial charge >= 0.3 is 0 Å². The molecule has 0 unspecified atom stereocenters. The Bertz CT molecular complexity index is 3430. The van der Waals surface area contributed by atoms with Crippen molar-refractivity contribution in [2.75, 3.05) is 27.3 Å². The van der Waals surface area contributed by atoms with Crippen LogP contribution in [0, 0.1) is 27.7 Å². The van der Waals surface area contributed by atoms with Crippen LogP contribution in [-0.2, 0) is 9.59 Å². The molecule has 1 aromatic carbocycles. The number of aryl methyl sites for hydroxylation is 4. The second-order valence-electron chi connectivity index (χ2n) is 16.5. The fourth-order valence-electron chi connectivity index (χ4n) is 8.66. The highest BCUT2D eigenvalue weighted by molar-refractivity contribution is 8.27. The number of likely N-dealkylation sites (N-methyl/N-ethyl adjacent to an activating group) is 2. The lowest BCUT2D eigenvalue weighted by Crippen LogP contribution is -2.27. The maximum Gasteiger partial charge on any atom is 0.266 e. The summed E-state index contributed by atoms with van der Waals surface area (Å²) in [7, 11) is 3.55. The number of hydrogen-bond acceptors (Lipinski definition) is 16. The van der Waals surface area contributed by atoms with Crippen molar-refractivity contribution in [3.05, 3.63) is 102 Å². The highest BCUT2D eigenvalue weighted by atomic mass is 32.2. The summed E-state index contributed by atoms with van der Waals surface area (Å²) in [5.74, 6) is 1.74. The number of carbonyl (C=O) groups is 2. The van der Waals surface area contributed by atoms with Crippen LogP contribution in [0.2, 0.25) is 0 Å². The summed E-state index contributed by atoms with van der Waals surface area (Å²) >= 11 is 27.9. The summed E-state index contributed by atoms with van der Waals surface area (Å²) < 4.78 is 16.0. The van der Waals surface area contributed by atoms with Crippen molar-refractivity contribution >= 4 is 191 Å². The highest BCUT2D eigenvalue weighted by Gasteiger charge is 2.32. The average Bonchev–Trinajstić information content (AvgIpc) is 4.18. The van der Waals surface area contributed by atoms with Crippen molar-refractivity contribution in [3.8, 4) is 70.0 Å². The van der Waals surface area contributed by atoms with Crippen LogP contribution in [0.5, 0.6) is 11.5 Å². The van der Waals surface area contributed by atoms with Gasteiger partial charge < -0.3 is 9.47 Å². The van der Waals surface area contributed by atoms with E-state index in [4.69, 9.17) is 33.9 Å². The SMILES string of the molecule is CCN1C(=O)/C(=C/c2cc(C)c(-c3ccc(-c4sc(-c5cc6c(OC)c7sc(-c8cc(C)c(-c9ccc(-c%10sc(/C=C%11/SC(=S)N(CC)C%11=O)cc%10C)s9)s8)cc7c(OC)c6s5)cc4C)s3)s2)SC1=S. The van der Waals surface area contributed by atoms with E-state index in [0.717, 1.165) is 41.4 Å². The molecule has 2 fully saturated rings. The van der Waals surface area contributed by atoms with Crippen molar-refractivity contribution < 1.29 is 19.1 Å². The number of rotatable bonds is 12. The van der Waals surface area contributed by atoms with Crippen LogP contribution < -0.4 is 9.47 Å². The minimum absolute atomic E-state index is 0.00877. The van der Waals surface area contributed by atoms with E-state index in [0.29, 0.717) is 31.5 Å². The summed E-state index contributed by atoms with van der Waals surface area (Å²) in [6.07, 6.45) is 3.98. The third-order valence-electron chi connectivity index (χ3n) is 12.0. The van der Waals surface area contributed by atoms with Crippen LogP contribution >= 0.6 is 139 Å². The smallest absolute Gasteiger partial charge is 0.266 e. The summed E-state index contributed by atoms with van der Waals surface area (Å²) in [4.78, 5) is 47.3. The van der Waals surface area contributed by atoms with E-state index in [2.05, 4.69) is 88.4 Å². The predicted molar refractivity (Wildman–Crippen MR) is 320 cm³/mol. The zero-order valence-corrected chi connectivity index (χ0v) is 48.6. The molecule has 2 aliphatic heterocycles. The summed E-state index contributed by atoms with van der Waals surface area (Å²) in [6.45, 7) is 13.8. The first kappa shape index (κ1) is 48.5. The number of fused-ring (bicyclic) bond motifs is 2. The maximum atomic E-state index is 12.9. The molecule has 0 N–H and O–H groups in total. The largest absolute Gasteiger partial charge is 0.495 e. The fourth-order valence-corrected chi connectivity index (χ4v) is 21.4. The lowest BCUT2D eigenvalue weighted by Gasteiger charge is -2.09. The Morgan fingerprint density at radius 2 is 0.814 bits per heavy atom. The van der Waals surface area contributed by atoms with Gasteiger partial charge in [0, 0.05) is 92.1 Å². The minimum atomic E-state index is -0.00877. The van der Waals surface area contributed by atoms with E-state index in [-0.39, 0.29) is 11.8 Å². The zero-order valence-electron chi connectivity index (χ0n) is 38.8. The van der Waals surface area contributed by atoms with E-state index >= 15 is 0 Å². The van der Waals surface area contributed by atoms with Gasteiger partial charge in [0.15, 0.2) is 0 Å². The Balaban J connectivity index is 0.859. The molecule has 10 heterocycles. The third-order valence-corrected chi connectivity index (χ3v) is 25.2. The highest BCUT2D eigenvalue weighted by Crippen LogP contribution is 2.55. The summed E-state index contributed by atoms with van der Waals surface area (Å²) in [5, 5.41) is 2.12. The minimum Gasteiger partial charge on any atom is -0.495 e. The molecule has 354 valence electrons. The zero-order chi connectivity index (χ0) is 48.9. The van der Waals surface area contributed by atoms with Crippen molar-refractivity contribution in [1.29, 1.82) is 0 Å². The molecular weight excluding hydrogens is 1100 g/mol. The first-order valence-electron chi connectivity index (χ1n) is 22.0. The molecule has 9 aromatic rings. The van der Waals surface area contributed by atoms with E-state index < -0.39 is 0 Å². The lowest BCUT2D eigenvalue weighted by molar-refractivity contribution is -0.122. The molecule has 0 radical (unpaired) electrons. The van der Waals surface area contributed by atoms with Gasteiger partial charge in [-0.15, -0.1) is 90.7 Å². The molecule has 2 amide bonds. The van der Waals surface area contributed by atoms with E-state index in [1.165, 1.54) is 104 Å². The maximum absolute atomic E-state index is 12.9. The number of thiophene rings is 8. The van der Waals surface area contributed by atoms with Gasteiger partial charge in [-0.1, -0.05) is 48.0 Å². The van der Waals surface area contributed by atoms with Crippen molar-refractivity contribution in [1.82, 2.24) is 9.80 Å². The van der Waals surface area contributed by atoms with Crippen molar-refractivity contribution in [2.24, 2.45) is 0 Å². The molecule has 18 heteroatoms. The number of nitrogens with zero attached hydrogens (tertiary/aromatic N) is 2. The van der Waals surface area contributed by atoms with Crippen LogP contribution in [-0.4, -0.2) is 57.6 Å². The number of amides is 2. The number of benzene rings is 1. The molecule has 0 saturated carbocycles. The van der Waals surface area contributed by atoms with Gasteiger partial charge in [-0.05, 0) is 137 Å². The molecule has 70 heavy (non-hydrogen) atoms. The van der Waals surface area contributed by atoms with E-state index in [9.17, 15) is 9.59 Å².